The average Bonchev–Trinajstić information content (AvgIpc) is 2.80. The van der Waals surface area contributed by atoms with Crippen LogP contribution < -0.4 is 10.2 Å². The molecule has 3 aromatic rings. The maximum Gasteiger partial charge on any atom is 0.255 e. The van der Waals surface area contributed by atoms with Gasteiger partial charge in [0.2, 0.25) is 5.91 Å². The lowest BCUT2D eigenvalue weighted by atomic mass is 10.0. The lowest BCUT2D eigenvalue weighted by molar-refractivity contribution is -0.129. The van der Waals surface area contributed by atoms with Gasteiger partial charge in [-0.15, -0.1) is 0 Å². The molecule has 1 aliphatic heterocycles. The Morgan fingerprint density at radius 1 is 0.806 bits per heavy atom. The summed E-state index contributed by atoms with van der Waals surface area (Å²) in [5.74, 6) is -0.114. The van der Waals surface area contributed by atoms with Crippen LogP contribution in [0.2, 0.25) is 5.02 Å². The second kappa shape index (κ2) is 9.23. The minimum Gasteiger partial charge on any atom is -0.365 e. The van der Waals surface area contributed by atoms with Crippen molar-refractivity contribution in [2.24, 2.45) is 0 Å². The Morgan fingerprint density at radius 2 is 1.45 bits per heavy atom. The summed E-state index contributed by atoms with van der Waals surface area (Å²) in [6, 6.07) is 23.1. The predicted molar refractivity (Wildman–Crippen MR) is 126 cm³/mol. The first-order chi connectivity index (χ1) is 15.0. The van der Waals surface area contributed by atoms with Gasteiger partial charge in [0, 0.05) is 38.7 Å². The summed E-state index contributed by atoms with van der Waals surface area (Å²) in [5, 5.41) is 3.59. The second-order valence-corrected chi connectivity index (χ2v) is 7.93. The zero-order valence-electron chi connectivity index (χ0n) is 17.3. The van der Waals surface area contributed by atoms with Crippen molar-refractivity contribution in [3.63, 3.8) is 0 Å². The number of amides is 2. The highest BCUT2D eigenvalue weighted by Crippen LogP contribution is 2.35. The van der Waals surface area contributed by atoms with Crippen LogP contribution in [0.1, 0.15) is 17.3 Å². The van der Waals surface area contributed by atoms with Gasteiger partial charge in [0.15, 0.2) is 0 Å². The molecule has 0 unspecified atom stereocenters. The fourth-order valence-corrected chi connectivity index (χ4v) is 4.12. The predicted octanol–water partition coefficient (Wildman–Crippen LogP) is 4.93. The molecule has 31 heavy (non-hydrogen) atoms. The molecule has 0 aliphatic carbocycles. The number of rotatable bonds is 4. The summed E-state index contributed by atoms with van der Waals surface area (Å²) in [4.78, 5) is 28.5. The largest absolute Gasteiger partial charge is 0.365 e. The lowest BCUT2D eigenvalue weighted by Gasteiger charge is -2.37. The fraction of sp³-hybridized carbons (Fsp3) is 0.200. The zero-order chi connectivity index (χ0) is 21.8. The van der Waals surface area contributed by atoms with Crippen LogP contribution in [0.25, 0.3) is 11.1 Å². The van der Waals surface area contributed by atoms with Gasteiger partial charge in [-0.05, 0) is 35.4 Å². The number of para-hydroxylation sites is 1. The molecular weight excluding hydrogens is 410 g/mol. The molecule has 0 aromatic heterocycles. The Bertz CT molecular complexity index is 1080. The molecule has 2 amide bonds. The summed E-state index contributed by atoms with van der Waals surface area (Å²) < 4.78 is 0. The molecule has 0 saturated carbocycles. The zero-order valence-corrected chi connectivity index (χ0v) is 18.1. The van der Waals surface area contributed by atoms with Gasteiger partial charge in [-0.2, -0.15) is 0 Å². The van der Waals surface area contributed by atoms with Crippen LogP contribution in [-0.2, 0) is 4.79 Å². The minimum atomic E-state index is -0.189. The molecule has 0 atom stereocenters. The monoisotopic (exact) mass is 433 g/mol. The molecule has 5 nitrogen and oxygen atoms in total. The molecule has 0 radical (unpaired) electrons. The molecule has 0 bridgehead atoms. The van der Waals surface area contributed by atoms with E-state index in [0.717, 1.165) is 16.8 Å². The van der Waals surface area contributed by atoms with E-state index in [1.165, 1.54) is 0 Å². The van der Waals surface area contributed by atoms with Crippen molar-refractivity contribution >= 4 is 34.8 Å². The topological polar surface area (TPSA) is 52.7 Å². The normalized spacial score (nSPS) is 13.7. The van der Waals surface area contributed by atoms with Crippen molar-refractivity contribution in [1.29, 1.82) is 0 Å². The van der Waals surface area contributed by atoms with Crippen LogP contribution in [0.3, 0.4) is 0 Å². The molecule has 1 fully saturated rings. The first-order valence-electron chi connectivity index (χ1n) is 10.3. The first kappa shape index (κ1) is 20.9. The third-order valence-corrected chi connectivity index (χ3v) is 5.84. The van der Waals surface area contributed by atoms with Crippen LogP contribution in [0.5, 0.6) is 0 Å². The highest BCUT2D eigenvalue weighted by molar-refractivity contribution is 6.34. The van der Waals surface area contributed by atoms with E-state index in [-0.39, 0.29) is 11.8 Å². The number of carbonyl (C=O) groups is 2. The number of halogens is 1. The molecule has 4 rings (SSSR count). The van der Waals surface area contributed by atoms with Gasteiger partial charge in [0.25, 0.3) is 5.91 Å². The molecule has 3 aromatic carbocycles. The number of anilines is 2. The molecule has 158 valence electrons. The number of hydrogen-bond acceptors (Lipinski definition) is 3. The van der Waals surface area contributed by atoms with Crippen LogP contribution in [0.15, 0.2) is 72.8 Å². The highest BCUT2D eigenvalue weighted by Gasteiger charge is 2.23. The summed E-state index contributed by atoms with van der Waals surface area (Å²) in [7, 11) is 0. The smallest absolute Gasteiger partial charge is 0.255 e. The lowest BCUT2D eigenvalue weighted by Crippen LogP contribution is -2.48. The van der Waals surface area contributed by atoms with E-state index < -0.39 is 0 Å². The van der Waals surface area contributed by atoms with Gasteiger partial charge < -0.3 is 15.1 Å². The Labute approximate surface area is 187 Å². The molecule has 1 N–H and O–H groups in total. The number of carbonyl (C=O) groups excluding carboxylic acids is 2. The summed E-state index contributed by atoms with van der Waals surface area (Å²) in [6.07, 6.45) is 0. The Hall–Kier alpha value is -3.31. The Kier molecular flexibility index (Phi) is 6.23. The fourth-order valence-electron chi connectivity index (χ4n) is 3.82. The van der Waals surface area contributed by atoms with E-state index in [4.69, 9.17) is 11.6 Å². The number of piperazine rings is 1. The van der Waals surface area contributed by atoms with Crippen molar-refractivity contribution < 1.29 is 9.59 Å². The maximum absolute atomic E-state index is 12.9. The maximum atomic E-state index is 12.9. The van der Waals surface area contributed by atoms with Gasteiger partial charge in [-0.3, -0.25) is 9.59 Å². The van der Waals surface area contributed by atoms with Crippen molar-refractivity contribution in [2.75, 3.05) is 36.4 Å². The van der Waals surface area contributed by atoms with Gasteiger partial charge in [-0.1, -0.05) is 60.1 Å². The average molecular weight is 434 g/mol. The SMILES string of the molecule is CC(=O)N1CCN(c2c(Cl)cccc2NC(=O)c2ccc(-c3ccccc3)cc2)CC1. The van der Waals surface area contributed by atoms with Crippen LogP contribution in [0.4, 0.5) is 11.4 Å². The molecule has 6 heteroatoms. The molecular formula is C25H24ClN3O2. The van der Waals surface area contributed by atoms with E-state index >= 15 is 0 Å². The van der Waals surface area contributed by atoms with Gasteiger partial charge in [0.1, 0.15) is 0 Å². The van der Waals surface area contributed by atoms with Gasteiger partial charge in [0.05, 0.1) is 16.4 Å². The number of nitrogens with one attached hydrogen (secondary N) is 1. The number of hydrogen-bond donors (Lipinski definition) is 1. The van der Waals surface area contributed by atoms with Gasteiger partial charge in [-0.25, -0.2) is 0 Å². The van der Waals surface area contributed by atoms with E-state index in [0.29, 0.717) is 42.5 Å². The van der Waals surface area contributed by atoms with Crippen LogP contribution in [0, 0.1) is 0 Å². The summed E-state index contributed by atoms with van der Waals surface area (Å²) >= 11 is 6.51. The van der Waals surface area contributed by atoms with E-state index in [2.05, 4.69) is 10.2 Å². The quantitative estimate of drug-likeness (QED) is 0.634. The Morgan fingerprint density at radius 3 is 2.10 bits per heavy atom. The van der Waals surface area contributed by atoms with E-state index in [1.807, 2.05) is 77.7 Å². The highest BCUT2D eigenvalue weighted by atomic mass is 35.5. The standard InChI is InChI=1S/C25H24ClN3O2/c1-18(30)28-14-16-29(17-15-28)24-22(26)8-5-9-23(24)27-25(31)21-12-10-20(11-13-21)19-6-3-2-4-7-19/h2-13H,14-17H2,1H3,(H,27,31). The van der Waals surface area contributed by atoms with Crippen molar-refractivity contribution in [3.8, 4) is 11.1 Å². The third kappa shape index (κ3) is 4.72. The summed E-state index contributed by atoms with van der Waals surface area (Å²) in [6.45, 7) is 4.18. The number of benzene rings is 3. The molecule has 1 heterocycles. The van der Waals surface area contributed by atoms with Crippen molar-refractivity contribution in [3.05, 3.63) is 83.4 Å². The van der Waals surface area contributed by atoms with Crippen molar-refractivity contribution in [2.45, 2.75) is 6.92 Å². The van der Waals surface area contributed by atoms with E-state index in [1.54, 1.807) is 6.92 Å². The van der Waals surface area contributed by atoms with Crippen LogP contribution >= 0.6 is 11.6 Å². The molecule has 0 spiro atoms. The molecule has 1 aliphatic rings. The Balaban J connectivity index is 1.51. The summed E-state index contributed by atoms with van der Waals surface area (Å²) in [5.41, 5.74) is 4.20. The molecule has 1 saturated heterocycles. The van der Waals surface area contributed by atoms with Crippen LogP contribution in [-0.4, -0.2) is 42.9 Å². The van der Waals surface area contributed by atoms with Gasteiger partial charge >= 0.3 is 0 Å². The number of nitrogens with zero attached hydrogens (tertiary/aromatic N) is 2. The van der Waals surface area contributed by atoms with Crippen molar-refractivity contribution in [1.82, 2.24) is 4.90 Å². The first-order valence-corrected chi connectivity index (χ1v) is 10.7. The minimum absolute atomic E-state index is 0.0753. The second-order valence-electron chi connectivity index (χ2n) is 7.53. The third-order valence-electron chi connectivity index (χ3n) is 5.53. The van der Waals surface area contributed by atoms with E-state index in [9.17, 15) is 9.59 Å².